The van der Waals surface area contributed by atoms with Crippen LogP contribution in [-0.2, 0) is 11.2 Å². The quantitative estimate of drug-likeness (QED) is 0.885. The van der Waals surface area contributed by atoms with Gasteiger partial charge in [-0.3, -0.25) is 0 Å². The maximum absolute atomic E-state index is 5.37. The fraction of sp³-hybridized carbons (Fsp3) is 0.846. The lowest BCUT2D eigenvalue weighted by atomic mass is 9.85. The van der Waals surface area contributed by atoms with Crippen LogP contribution in [0.25, 0.3) is 0 Å². The van der Waals surface area contributed by atoms with Gasteiger partial charge in [-0.2, -0.15) is 4.98 Å². The standard InChI is InChI=1S/C13H21N3O2/c1-17-7-6-12-15-13(18-16-12)11-8-9-4-2-3-5-10(9)14-11/h9-11,14H,2-8H2,1H3. The molecule has 0 spiro atoms. The first-order chi connectivity index (χ1) is 8.86. The van der Waals surface area contributed by atoms with Gasteiger partial charge in [0.2, 0.25) is 5.89 Å². The minimum Gasteiger partial charge on any atom is -0.384 e. The first-order valence-corrected chi connectivity index (χ1v) is 6.94. The van der Waals surface area contributed by atoms with Gasteiger partial charge in [0.1, 0.15) is 0 Å². The van der Waals surface area contributed by atoms with Crippen molar-refractivity contribution in [2.45, 2.75) is 50.6 Å². The van der Waals surface area contributed by atoms with Gasteiger partial charge in [0, 0.05) is 19.6 Å². The maximum Gasteiger partial charge on any atom is 0.243 e. The van der Waals surface area contributed by atoms with Crippen LogP contribution in [0, 0.1) is 5.92 Å². The molecule has 0 amide bonds. The van der Waals surface area contributed by atoms with E-state index in [0.717, 1.165) is 30.5 Å². The van der Waals surface area contributed by atoms with Crippen LogP contribution in [0.3, 0.4) is 0 Å². The third kappa shape index (κ3) is 2.42. The predicted molar refractivity (Wildman–Crippen MR) is 66.1 cm³/mol. The van der Waals surface area contributed by atoms with E-state index in [1.807, 2.05) is 0 Å². The van der Waals surface area contributed by atoms with E-state index in [0.29, 0.717) is 12.6 Å². The van der Waals surface area contributed by atoms with Gasteiger partial charge >= 0.3 is 0 Å². The van der Waals surface area contributed by atoms with Crippen molar-refractivity contribution in [1.29, 1.82) is 0 Å². The highest BCUT2D eigenvalue weighted by molar-refractivity contribution is 5.01. The molecule has 1 saturated carbocycles. The zero-order valence-electron chi connectivity index (χ0n) is 10.9. The predicted octanol–water partition coefficient (Wildman–Crippen LogP) is 1.85. The number of aromatic nitrogens is 2. The summed E-state index contributed by atoms with van der Waals surface area (Å²) in [6.45, 7) is 0.641. The monoisotopic (exact) mass is 251 g/mol. The van der Waals surface area contributed by atoms with Crippen LogP contribution in [0.4, 0.5) is 0 Å². The summed E-state index contributed by atoms with van der Waals surface area (Å²) < 4.78 is 10.4. The van der Waals surface area contributed by atoms with Gasteiger partial charge in [0.15, 0.2) is 5.82 Å². The molecule has 1 saturated heterocycles. The zero-order chi connectivity index (χ0) is 12.4. The largest absolute Gasteiger partial charge is 0.384 e. The van der Waals surface area contributed by atoms with Gasteiger partial charge in [0.05, 0.1) is 12.6 Å². The summed E-state index contributed by atoms with van der Waals surface area (Å²) >= 11 is 0. The number of nitrogens with zero attached hydrogens (tertiary/aromatic N) is 2. The third-order valence-corrected chi connectivity index (χ3v) is 4.17. The first-order valence-electron chi connectivity index (χ1n) is 6.94. The van der Waals surface area contributed by atoms with Gasteiger partial charge in [-0.15, -0.1) is 0 Å². The van der Waals surface area contributed by atoms with Crippen molar-refractivity contribution in [3.05, 3.63) is 11.7 Å². The Hall–Kier alpha value is -0.940. The minimum absolute atomic E-state index is 0.266. The Morgan fingerprint density at radius 2 is 2.28 bits per heavy atom. The molecule has 0 radical (unpaired) electrons. The van der Waals surface area contributed by atoms with Crippen LogP contribution in [0.15, 0.2) is 4.52 Å². The summed E-state index contributed by atoms with van der Waals surface area (Å²) in [4.78, 5) is 4.47. The number of hydrogen-bond donors (Lipinski definition) is 1. The second kappa shape index (κ2) is 5.36. The minimum atomic E-state index is 0.266. The molecule has 3 unspecified atom stereocenters. The molecule has 1 aromatic heterocycles. The molecule has 1 aliphatic carbocycles. The maximum atomic E-state index is 5.37. The summed E-state index contributed by atoms with van der Waals surface area (Å²) in [5, 5.41) is 7.66. The fourth-order valence-electron chi connectivity index (χ4n) is 3.21. The smallest absolute Gasteiger partial charge is 0.243 e. The Balaban J connectivity index is 1.63. The normalized spacial score (nSPS) is 31.5. The molecule has 0 aromatic carbocycles. The van der Waals surface area contributed by atoms with Gasteiger partial charge < -0.3 is 14.6 Å². The molecule has 100 valence electrons. The van der Waals surface area contributed by atoms with Crippen molar-refractivity contribution >= 4 is 0 Å². The highest BCUT2D eigenvalue weighted by Gasteiger charge is 2.37. The summed E-state index contributed by atoms with van der Waals surface area (Å²) in [6, 6.07) is 0.931. The lowest BCUT2D eigenvalue weighted by molar-refractivity contribution is 0.199. The van der Waals surface area contributed by atoms with Crippen molar-refractivity contribution < 1.29 is 9.26 Å². The van der Waals surface area contributed by atoms with Crippen LogP contribution in [0.5, 0.6) is 0 Å². The topological polar surface area (TPSA) is 60.2 Å². The van der Waals surface area contributed by atoms with Gasteiger partial charge in [-0.25, -0.2) is 0 Å². The van der Waals surface area contributed by atoms with E-state index < -0.39 is 0 Å². The van der Waals surface area contributed by atoms with Crippen molar-refractivity contribution in [2.75, 3.05) is 13.7 Å². The molecule has 1 aromatic rings. The zero-order valence-corrected chi connectivity index (χ0v) is 10.9. The Kier molecular flexibility index (Phi) is 3.61. The Bertz CT molecular complexity index is 379. The van der Waals surface area contributed by atoms with E-state index in [1.54, 1.807) is 7.11 Å². The van der Waals surface area contributed by atoms with Crippen molar-refractivity contribution in [1.82, 2.24) is 15.5 Å². The lowest BCUT2D eigenvalue weighted by Gasteiger charge is -2.24. The van der Waals surface area contributed by atoms with Crippen LogP contribution in [0.2, 0.25) is 0 Å². The van der Waals surface area contributed by atoms with Gasteiger partial charge in [-0.1, -0.05) is 18.0 Å². The third-order valence-electron chi connectivity index (χ3n) is 4.17. The molecule has 2 aliphatic rings. The number of fused-ring (bicyclic) bond motifs is 1. The Morgan fingerprint density at radius 1 is 1.39 bits per heavy atom. The Morgan fingerprint density at radius 3 is 3.11 bits per heavy atom. The van der Waals surface area contributed by atoms with Crippen LogP contribution < -0.4 is 5.32 Å². The molecule has 1 N–H and O–H groups in total. The molecule has 3 rings (SSSR count). The number of hydrogen-bond acceptors (Lipinski definition) is 5. The molecule has 1 aliphatic heterocycles. The highest BCUT2D eigenvalue weighted by Crippen LogP contribution is 2.38. The van der Waals surface area contributed by atoms with E-state index in [9.17, 15) is 0 Å². The van der Waals surface area contributed by atoms with Crippen molar-refractivity contribution in [2.24, 2.45) is 5.92 Å². The van der Waals surface area contributed by atoms with Crippen LogP contribution >= 0.6 is 0 Å². The molecule has 3 atom stereocenters. The first kappa shape index (κ1) is 12.1. The number of rotatable bonds is 4. The number of nitrogens with one attached hydrogen (secondary N) is 1. The molecule has 5 nitrogen and oxygen atoms in total. The average molecular weight is 251 g/mol. The van der Waals surface area contributed by atoms with E-state index >= 15 is 0 Å². The molecular weight excluding hydrogens is 230 g/mol. The van der Waals surface area contributed by atoms with Gasteiger partial charge in [0.25, 0.3) is 0 Å². The second-order valence-corrected chi connectivity index (χ2v) is 5.40. The summed E-state index contributed by atoms with van der Waals surface area (Å²) in [6.07, 6.45) is 7.24. The molecular formula is C13H21N3O2. The summed E-state index contributed by atoms with van der Waals surface area (Å²) in [5.74, 6) is 2.32. The van der Waals surface area contributed by atoms with E-state index in [4.69, 9.17) is 9.26 Å². The van der Waals surface area contributed by atoms with Crippen molar-refractivity contribution in [3.63, 3.8) is 0 Å². The van der Waals surface area contributed by atoms with E-state index in [-0.39, 0.29) is 6.04 Å². The van der Waals surface area contributed by atoms with Crippen molar-refractivity contribution in [3.8, 4) is 0 Å². The Labute approximate surface area is 107 Å². The average Bonchev–Trinajstić information content (AvgIpc) is 3.02. The SMILES string of the molecule is COCCc1noc(C2CC3CCCCC3N2)n1. The second-order valence-electron chi connectivity index (χ2n) is 5.40. The molecule has 5 heteroatoms. The lowest BCUT2D eigenvalue weighted by Crippen LogP contribution is -2.30. The molecule has 2 fully saturated rings. The number of methoxy groups -OCH3 is 1. The van der Waals surface area contributed by atoms with E-state index in [2.05, 4.69) is 15.5 Å². The molecule has 2 heterocycles. The fourth-order valence-corrected chi connectivity index (χ4v) is 3.21. The number of ether oxygens (including phenoxy) is 1. The summed E-state index contributed by atoms with van der Waals surface area (Å²) in [7, 11) is 1.68. The highest BCUT2D eigenvalue weighted by atomic mass is 16.5. The van der Waals surface area contributed by atoms with Gasteiger partial charge in [-0.05, 0) is 25.2 Å². The molecule has 18 heavy (non-hydrogen) atoms. The molecule has 0 bridgehead atoms. The van der Waals surface area contributed by atoms with Crippen LogP contribution in [0.1, 0.15) is 49.9 Å². The van der Waals surface area contributed by atoms with E-state index in [1.165, 1.54) is 25.7 Å². The van der Waals surface area contributed by atoms with Crippen LogP contribution in [-0.4, -0.2) is 29.9 Å². The summed E-state index contributed by atoms with van der Waals surface area (Å²) in [5.41, 5.74) is 0.